The third-order valence-electron chi connectivity index (χ3n) is 7.35. The second-order valence-electron chi connectivity index (χ2n) is 10.6. The van der Waals surface area contributed by atoms with Crippen LogP contribution in [0, 0.1) is 19.8 Å². The molecule has 5 amide bonds. The number of nitrogens with one attached hydrogen (secondary N) is 3. The number of aromatic nitrogens is 1. The van der Waals surface area contributed by atoms with Crippen molar-refractivity contribution >= 4 is 35.0 Å². The van der Waals surface area contributed by atoms with E-state index in [1.807, 2.05) is 6.92 Å². The number of ether oxygens (including phenoxy) is 2. The van der Waals surface area contributed by atoms with Crippen LogP contribution >= 0.6 is 0 Å². The van der Waals surface area contributed by atoms with Gasteiger partial charge >= 0.3 is 12.1 Å². The Bertz CT molecular complexity index is 1440. The van der Waals surface area contributed by atoms with Crippen LogP contribution in [0.15, 0.2) is 47.0 Å². The van der Waals surface area contributed by atoms with E-state index in [0.717, 1.165) is 0 Å². The number of carbonyl (C=O) groups excluding carboxylic acids is 3. The Hall–Kier alpha value is -4.78. The van der Waals surface area contributed by atoms with Gasteiger partial charge in [0.15, 0.2) is 11.5 Å². The van der Waals surface area contributed by atoms with Crippen molar-refractivity contribution in [2.45, 2.75) is 39.8 Å². The van der Waals surface area contributed by atoms with Gasteiger partial charge in [-0.3, -0.25) is 4.79 Å². The van der Waals surface area contributed by atoms with Crippen LogP contribution in [-0.2, 0) is 0 Å². The lowest BCUT2D eigenvalue weighted by Crippen LogP contribution is -2.50. The number of likely N-dealkylation sites (N-methyl/N-ethyl adjacent to an activating group) is 1. The van der Waals surface area contributed by atoms with Gasteiger partial charge in [-0.15, -0.1) is 0 Å². The molecule has 0 saturated carbocycles. The van der Waals surface area contributed by atoms with Crippen LogP contribution in [0.1, 0.15) is 35.7 Å². The number of anilines is 3. The fourth-order valence-corrected chi connectivity index (χ4v) is 4.73. The topological polar surface area (TPSA) is 158 Å². The number of aryl methyl sites for hydroxylation is 2. The van der Waals surface area contributed by atoms with Crippen molar-refractivity contribution in [2.24, 2.45) is 5.92 Å². The molecule has 0 unspecified atom stereocenters. The number of aliphatic hydroxyl groups is 1. The van der Waals surface area contributed by atoms with Gasteiger partial charge in [0.1, 0.15) is 23.2 Å². The summed E-state index contributed by atoms with van der Waals surface area (Å²) < 4.78 is 16.8. The Balaban J connectivity index is 1.61. The number of hydrogen-bond donors (Lipinski definition) is 4. The van der Waals surface area contributed by atoms with E-state index >= 15 is 0 Å². The Morgan fingerprint density at radius 1 is 1.16 bits per heavy atom. The molecule has 1 aromatic heterocycles. The summed E-state index contributed by atoms with van der Waals surface area (Å²) in [6.45, 7) is 7.27. The molecule has 2 aromatic carbocycles. The molecule has 3 aromatic rings. The van der Waals surface area contributed by atoms with Crippen molar-refractivity contribution < 1.29 is 33.5 Å². The molecule has 0 radical (unpaired) electrons. The fourth-order valence-electron chi connectivity index (χ4n) is 4.73. The smallest absolute Gasteiger partial charge is 0.323 e. The second-order valence-corrected chi connectivity index (χ2v) is 10.6. The quantitative estimate of drug-likeness (QED) is 0.300. The Morgan fingerprint density at radius 3 is 2.51 bits per heavy atom. The summed E-state index contributed by atoms with van der Waals surface area (Å²) in [5.41, 5.74) is 2.03. The van der Waals surface area contributed by atoms with Gasteiger partial charge in [0.25, 0.3) is 5.91 Å². The van der Waals surface area contributed by atoms with E-state index in [1.54, 1.807) is 82.3 Å². The third kappa shape index (κ3) is 7.17. The Kier molecular flexibility index (Phi) is 9.76. The molecular formula is C30H38N6O7. The number of rotatable bonds is 8. The first-order chi connectivity index (χ1) is 20.5. The van der Waals surface area contributed by atoms with Crippen LogP contribution in [0.5, 0.6) is 11.5 Å². The summed E-state index contributed by atoms with van der Waals surface area (Å²) in [6.07, 6.45) is -0.583. The number of fused-ring (bicyclic) bond motifs is 1. The van der Waals surface area contributed by atoms with E-state index in [2.05, 4.69) is 21.1 Å². The SMILES string of the molecule is COc1ccc(NC(=O)N(C)C[C@@H]2Oc3c(NC(=O)Nc4c(C)noc4C)cccc3C(=O)N([C@H](C)CO)C[C@H]2C)cc1. The molecule has 1 aliphatic heterocycles. The summed E-state index contributed by atoms with van der Waals surface area (Å²) >= 11 is 0. The first kappa shape index (κ1) is 31.2. The highest BCUT2D eigenvalue weighted by Crippen LogP contribution is 2.35. The van der Waals surface area contributed by atoms with E-state index in [9.17, 15) is 19.5 Å². The van der Waals surface area contributed by atoms with Gasteiger partial charge in [0.2, 0.25) is 0 Å². The number of carbonyl (C=O) groups is 3. The number of para-hydroxylation sites is 1. The monoisotopic (exact) mass is 594 g/mol. The number of hydrogen-bond acceptors (Lipinski definition) is 8. The van der Waals surface area contributed by atoms with Crippen molar-refractivity contribution in [1.82, 2.24) is 15.0 Å². The van der Waals surface area contributed by atoms with Crippen LogP contribution in [0.2, 0.25) is 0 Å². The molecule has 13 nitrogen and oxygen atoms in total. The predicted molar refractivity (Wildman–Crippen MR) is 161 cm³/mol. The minimum Gasteiger partial charge on any atom is -0.497 e. The van der Waals surface area contributed by atoms with Crippen LogP contribution in [0.3, 0.4) is 0 Å². The summed E-state index contributed by atoms with van der Waals surface area (Å²) in [7, 11) is 3.22. The van der Waals surface area contributed by atoms with Gasteiger partial charge in [-0.1, -0.05) is 18.1 Å². The van der Waals surface area contributed by atoms with Crippen LogP contribution in [0.25, 0.3) is 0 Å². The first-order valence-corrected chi connectivity index (χ1v) is 13.9. The van der Waals surface area contributed by atoms with E-state index in [0.29, 0.717) is 28.6 Å². The number of nitrogens with zero attached hydrogens (tertiary/aromatic N) is 3. The molecule has 1 aliphatic rings. The zero-order valence-corrected chi connectivity index (χ0v) is 25.1. The van der Waals surface area contributed by atoms with Gasteiger partial charge in [0.05, 0.1) is 37.6 Å². The van der Waals surface area contributed by atoms with Crippen molar-refractivity contribution in [3.8, 4) is 11.5 Å². The largest absolute Gasteiger partial charge is 0.497 e. The average Bonchev–Trinajstić information content (AvgIpc) is 3.31. The fraction of sp³-hybridized carbons (Fsp3) is 0.400. The van der Waals surface area contributed by atoms with Crippen LogP contribution < -0.4 is 25.4 Å². The molecule has 230 valence electrons. The lowest BCUT2D eigenvalue weighted by atomic mass is 9.99. The van der Waals surface area contributed by atoms with E-state index in [4.69, 9.17) is 14.0 Å². The highest BCUT2D eigenvalue weighted by molar-refractivity contribution is 6.04. The highest BCUT2D eigenvalue weighted by Gasteiger charge is 2.35. The van der Waals surface area contributed by atoms with Gasteiger partial charge in [-0.25, -0.2) is 9.59 Å². The molecule has 3 atom stereocenters. The van der Waals surface area contributed by atoms with Crippen molar-refractivity contribution in [3.05, 3.63) is 59.5 Å². The Morgan fingerprint density at radius 2 is 1.88 bits per heavy atom. The number of urea groups is 2. The number of methoxy groups -OCH3 is 1. The lowest BCUT2D eigenvalue weighted by molar-refractivity contribution is 0.0373. The van der Waals surface area contributed by atoms with Crippen LogP contribution in [-0.4, -0.2) is 84.0 Å². The molecule has 0 spiro atoms. The van der Waals surface area contributed by atoms with E-state index < -0.39 is 18.2 Å². The molecule has 43 heavy (non-hydrogen) atoms. The summed E-state index contributed by atoms with van der Waals surface area (Å²) in [5, 5.41) is 22.1. The molecule has 0 aliphatic carbocycles. The molecule has 0 bridgehead atoms. The lowest BCUT2D eigenvalue weighted by Gasteiger charge is -2.38. The summed E-state index contributed by atoms with van der Waals surface area (Å²) in [4.78, 5) is 42.9. The molecule has 4 rings (SSSR count). The zero-order chi connectivity index (χ0) is 31.3. The van der Waals surface area contributed by atoms with Crippen molar-refractivity contribution in [2.75, 3.05) is 49.8 Å². The van der Waals surface area contributed by atoms with E-state index in [1.165, 1.54) is 4.90 Å². The minimum atomic E-state index is -0.583. The maximum Gasteiger partial charge on any atom is 0.323 e. The molecule has 2 heterocycles. The number of amides is 5. The van der Waals surface area contributed by atoms with Gasteiger partial charge < -0.3 is 44.9 Å². The third-order valence-corrected chi connectivity index (χ3v) is 7.35. The van der Waals surface area contributed by atoms with E-state index in [-0.39, 0.29) is 54.6 Å². The zero-order valence-electron chi connectivity index (χ0n) is 25.1. The summed E-state index contributed by atoms with van der Waals surface area (Å²) in [6, 6.07) is 10.4. The first-order valence-electron chi connectivity index (χ1n) is 13.9. The maximum atomic E-state index is 13.7. The standard InChI is InChI=1S/C30H38N6O7/c1-17-14-36(18(2)16-37)28(38)23-8-7-9-24(32-29(39)33-26-19(3)34-43-20(26)4)27(23)42-25(17)15-35(5)30(40)31-21-10-12-22(41-6)13-11-21/h7-13,17-18,25,37H,14-16H2,1-6H3,(H,31,40)(H2,32,33,39)/t17-,18-,25+/m1/s1. The van der Waals surface area contributed by atoms with Gasteiger partial charge in [-0.2, -0.15) is 0 Å². The van der Waals surface area contributed by atoms with Crippen LogP contribution in [0.4, 0.5) is 26.7 Å². The van der Waals surface area contributed by atoms with Crippen molar-refractivity contribution in [1.29, 1.82) is 0 Å². The maximum absolute atomic E-state index is 13.7. The average molecular weight is 595 g/mol. The van der Waals surface area contributed by atoms with Gasteiger partial charge in [0, 0.05) is 25.2 Å². The molecule has 4 N–H and O–H groups in total. The van der Waals surface area contributed by atoms with Crippen molar-refractivity contribution in [3.63, 3.8) is 0 Å². The minimum absolute atomic E-state index is 0.164. The normalized spacial score (nSPS) is 17.1. The second kappa shape index (κ2) is 13.5. The number of aliphatic hydroxyl groups excluding tert-OH is 1. The molecular weight excluding hydrogens is 556 g/mol. The predicted octanol–water partition coefficient (Wildman–Crippen LogP) is 4.33. The number of benzene rings is 2. The summed E-state index contributed by atoms with van der Waals surface area (Å²) in [5.74, 6) is 0.675. The Labute approximate surface area is 250 Å². The van der Waals surface area contributed by atoms with Gasteiger partial charge in [-0.05, 0) is 57.2 Å². The molecule has 13 heteroatoms. The molecule has 0 fully saturated rings. The molecule has 0 saturated heterocycles. The highest BCUT2D eigenvalue weighted by atomic mass is 16.5.